The summed E-state index contributed by atoms with van der Waals surface area (Å²) in [7, 11) is 0. The Morgan fingerprint density at radius 3 is 2.91 bits per heavy atom. The minimum atomic E-state index is -0.512. The van der Waals surface area contributed by atoms with Crippen molar-refractivity contribution in [3.8, 4) is 6.07 Å². The van der Waals surface area contributed by atoms with Crippen LogP contribution >= 0.6 is 11.3 Å². The first-order valence-electron chi connectivity index (χ1n) is 7.40. The number of nitriles is 1. The fourth-order valence-electron chi connectivity index (χ4n) is 3.15. The maximum atomic E-state index is 12.9. The van der Waals surface area contributed by atoms with Crippen molar-refractivity contribution in [1.82, 2.24) is 9.88 Å². The summed E-state index contributed by atoms with van der Waals surface area (Å²) in [4.78, 5) is 18.8. The van der Waals surface area contributed by atoms with Gasteiger partial charge in [0.1, 0.15) is 6.04 Å². The molecule has 1 amide bonds. The van der Waals surface area contributed by atoms with E-state index in [1.165, 1.54) is 0 Å². The summed E-state index contributed by atoms with van der Waals surface area (Å²) in [6.45, 7) is 0.508. The van der Waals surface area contributed by atoms with E-state index in [1.54, 1.807) is 22.4 Å². The van der Waals surface area contributed by atoms with E-state index in [0.717, 1.165) is 21.3 Å². The van der Waals surface area contributed by atoms with Crippen LogP contribution in [0.15, 0.2) is 48.0 Å². The van der Waals surface area contributed by atoms with Crippen LogP contribution in [0.4, 0.5) is 0 Å². The Labute approximate surface area is 137 Å². The van der Waals surface area contributed by atoms with Crippen LogP contribution in [0.25, 0.3) is 10.8 Å². The van der Waals surface area contributed by atoms with Gasteiger partial charge >= 0.3 is 0 Å². The summed E-state index contributed by atoms with van der Waals surface area (Å²) in [6.07, 6.45) is 2.43. The number of amides is 1. The smallest absolute Gasteiger partial charge is 0.256 e. The molecule has 3 aromatic rings. The van der Waals surface area contributed by atoms with Gasteiger partial charge in [-0.1, -0.05) is 36.4 Å². The van der Waals surface area contributed by atoms with Crippen LogP contribution in [0.2, 0.25) is 0 Å². The predicted octanol–water partition coefficient (Wildman–Crippen LogP) is 3.56. The third kappa shape index (κ3) is 2.19. The zero-order valence-corrected chi connectivity index (χ0v) is 13.1. The number of carbonyl (C=O) groups excluding carboxylic acids is 1. The van der Waals surface area contributed by atoms with Crippen molar-refractivity contribution in [2.24, 2.45) is 0 Å². The number of hydrogen-bond donors (Lipinski definition) is 0. The molecule has 1 unspecified atom stereocenters. The van der Waals surface area contributed by atoms with Crippen molar-refractivity contribution in [1.29, 1.82) is 5.26 Å². The standard InChI is InChI=1S/C18H13N3OS/c19-11-15-14-6-5-12-3-1-2-4-13(12)17(14)18(22)21(15)9-7-16-20-8-10-23-16/h1-6,8,10,15H,7,9H2. The molecular formula is C18H13N3OS. The maximum absolute atomic E-state index is 12.9. The van der Waals surface area contributed by atoms with Crippen molar-refractivity contribution in [2.75, 3.05) is 6.54 Å². The minimum absolute atomic E-state index is 0.0556. The zero-order chi connectivity index (χ0) is 15.8. The lowest BCUT2D eigenvalue weighted by Crippen LogP contribution is -2.29. The van der Waals surface area contributed by atoms with Crippen molar-refractivity contribution in [3.63, 3.8) is 0 Å². The van der Waals surface area contributed by atoms with Gasteiger partial charge in [-0.25, -0.2) is 4.98 Å². The molecule has 1 aliphatic rings. The van der Waals surface area contributed by atoms with Crippen molar-refractivity contribution in [3.05, 3.63) is 64.1 Å². The molecule has 0 aliphatic carbocycles. The van der Waals surface area contributed by atoms with Gasteiger partial charge in [0.15, 0.2) is 0 Å². The van der Waals surface area contributed by atoms with Gasteiger partial charge in [0, 0.05) is 30.1 Å². The van der Waals surface area contributed by atoms with Gasteiger partial charge < -0.3 is 4.90 Å². The molecule has 0 spiro atoms. The van der Waals surface area contributed by atoms with Crippen LogP contribution < -0.4 is 0 Å². The Kier molecular flexibility index (Phi) is 3.32. The number of fused-ring (bicyclic) bond motifs is 3. The Balaban J connectivity index is 1.74. The molecule has 1 atom stereocenters. The first-order valence-corrected chi connectivity index (χ1v) is 8.28. The number of nitrogens with zero attached hydrogens (tertiary/aromatic N) is 3. The lowest BCUT2D eigenvalue weighted by atomic mass is 9.98. The van der Waals surface area contributed by atoms with Crippen LogP contribution in [0.3, 0.4) is 0 Å². The highest BCUT2D eigenvalue weighted by Gasteiger charge is 2.37. The molecule has 4 nitrogen and oxygen atoms in total. The summed E-state index contributed by atoms with van der Waals surface area (Å²) < 4.78 is 0. The molecule has 112 valence electrons. The summed E-state index contributed by atoms with van der Waals surface area (Å²) in [5.74, 6) is -0.0556. The number of hydrogen-bond acceptors (Lipinski definition) is 4. The SMILES string of the molecule is N#CC1c2ccc3ccccc3c2C(=O)N1CCc1nccs1. The maximum Gasteiger partial charge on any atom is 0.256 e. The third-order valence-corrected chi connectivity index (χ3v) is 5.05. The van der Waals surface area contributed by atoms with Gasteiger partial charge in [-0.15, -0.1) is 11.3 Å². The lowest BCUT2D eigenvalue weighted by Gasteiger charge is -2.19. The lowest BCUT2D eigenvalue weighted by molar-refractivity contribution is 0.0761. The van der Waals surface area contributed by atoms with E-state index in [-0.39, 0.29) is 5.91 Å². The Bertz CT molecular complexity index is 927. The third-order valence-electron chi connectivity index (χ3n) is 4.21. The summed E-state index contributed by atoms with van der Waals surface area (Å²) in [5, 5.41) is 14.4. The fourth-order valence-corrected chi connectivity index (χ4v) is 3.76. The van der Waals surface area contributed by atoms with E-state index in [0.29, 0.717) is 18.5 Å². The molecule has 0 radical (unpaired) electrons. The van der Waals surface area contributed by atoms with Gasteiger partial charge in [0.05, 0.1) is 16.6 Å². The van der Waals surface area contributed by atoms with Gasteiger partial charge in [0.25, 0.3) is 5.91 Å². The first-order chi connectivity index (χ1) is 11.3. The second-order valence-corrected chi connectivity index (χ2v) is 6.44. The molecule has 0 saturated heterocycles. The molecule has 2 aromatic carbocycles. The summed E-state index contributed by atoms with van der Waals surface area (Å²) in [6, 6.07) is 13.5. The molecule has 0 fully saturated rings. The average molecular weight is 319 g/mol. The van der Waals surface area contributed by atoms with Gasteiger partial charge in [-0.3, -0.25) is 4.79 Å². The molecule has 0 N–H and O–H groups in total. The van der Waals surface area contributed by atoms with Crippen LogP contribution in [0.1, 0.15) is 27.0 Å². The minimum Gasteiger partial charge on any atom is -0.318 e. The van der Waals surface area contributed by atoms with E-state index in [1.807, 2.05) is 41.8 Å². The van der Waals surface area contributed by atoms with Crippen molar-refractivity contribution >= 4 is 28.0 Å². The van der Waals surface area contributed by atoms with Gasteiger partial charge in [0.2, 0.25) is 0 Å². The number of carbonyl (C=O) groups is 1. The van der Waals surface area contributed by atoms with E-state index < -0.39 is 6.04 Å². The van der Waals surface area contributed by atoms with Crippen LogP contribution in [0, 0.1) is 11.3 Å². The molecule has 0 bridgehead atoms. The number of benzene rings is 2. The second kappa shape index (κ2) is 5.49. The molecule has 23 heavy (non-hydrogen) atoms. The van der Waals surface area contributed by atoms with E-state index in [2.05, 4.69) is 11.1 Å². The molecule has 5 heteroatoms. The van der Waals surface area contributed by atoms with Crippen LogP contribution in [0.5, 0.6) is 0 Å². The highest BCUT2D eigenvalue weighted by atomic mass is 32.1. The van der Waals surface area contributed by atoms with E-state index in [9.17, 15) is 10.1 Å². The predicted molar refractivity (Wildman–Crippen MR) is 89.2 cm³/mol. The largest absolute Gasteiger partial charge is 0.318 e. The summed E-state index contributed by atoms with van der Waals surface area (Å²) in [5.41, 5.74) is 1.49. The zero-order valence-electron chi connectivity index (χ0n) is 12.3. The normalized spacial score (nSPS) is 16.6. The van der Waals surface area contributed by atoms with E-state index in [4.69, 9.17) is 0 Å². The first kappa shape index (κ1) is 13.9. The molecule has 4 rings (SSSR count). The molecule has 1 aromatic heterocycles. The summed E-state index contributed by atoms with van der Waals surface area (Å²) >= 11 is 1.57. The fraction of sp³-hybridized carbons (Fsp3) is 0.167. The highest BCUT2D eigenvalue weighted by molar-refractivity contribution is 7.09. The monoisotopic (exact) mass is 319 g/mol. The van der Waals surface area contributed by atoms with Gasteiger partial charge in [-0.2, -0.15) is 5.26 Å². The van der Waals surface area contributed by atoms with Crippen molar-refractivity contribution in [2.45, 2.75) is 12.5 Å². The molecule has 2 heterocycles. The quantitative estimate of drug-likeness (QED) is 0.741. The van der Waals surface area contributed by atoms with Gasteiger partial charge in [-0.05, 0) is 10.8 Å². The van der Waals surface area contributed by atoms with Crippen LogP contribution in [-0.4, -0.2) is 22.3 Å². The molecular weight excluding hydrogens is 306 g/mol. The highest BCUT2D eigenvalue weighted by Crippen LogP contribution is 2.37. The number of thiazole rings is 1. The number of aromatic nitrogens is 1. The second-order valence-electron chi connectivity index (χ2n) is 5.46. The average Bonchev–Trinajstić information content (AvgIpc) is 3.19. The molecule has 0 saturated carbocycles. The molecule has 1 aliphatic heterocycles. The Hall–Kier alpha value is -2.71. The Morgan fingerprint density at radius 1 is 1.26 bits per heavy atom. The van der Waals surface area contributed by atoms with E-state index >= 15 is 0 Å². The van der Waals surface area contributed by atoms with Crippen LogP contribution in [-0.2, 0) is 6.42 Å². The van der Waals surface area contributed by atoms with Crippen molar-refractivity contribution < 1.29 is 4.79 Å². The Morgan fingerprint density at radius 2 is 2.13 bits per heavy atom. The number of rotatable bonds is 3. The topological polar surface area (TPSA) is 57.0 Å².